The average molecular weight is 267 g/mol. The first-order chi connectivity index (χ1) is 9.60. The minimum absolute atomic E-state index is 0.166. The number of Topliss-reactive ketones (excluding diaryl/α,β-unsaturated/α-hetero) is 1. The van der Waals surface area contributed by atoms with E-state index in [2.05, 4.69) is 32.0 Å². The summed E-state index contributed by atoms with van der Waals surface area (Å²) in [6.07, 6.45) is 1.19. The maximum atomic E-state index is 12.5. The van der Waals surface area contributed by atoms with Crippen LogP contribution in [0, 0.1) is 13.8 Å². The van der Waals surface area contributed by atoms with Crippen molar-refractivity contribution >= 4 is 5.78 Å². The molecule has 0 unspecified atom stereocenters. The molecule has 2 aromatic carbocycles. The number of hydrogen-bond acceptors (Lipinski definition) is 2. The van der Waals surface area contributed by atoms with Crippen LogP contribution in [0.4, 0.5) is 0 Å². The van der Waals surface area contributed by atoms with Crippen LogP contribution in [0.5, 0.6) is 0 Å². The normalized spacial score (nSPS) is 10.6. The number of ketones is 1. The molecule has 20 heavy (non-hydrogen) atoms. The van der Waals surface area contributed by atoms with Gasteiger partial charge in [0.05, 0.1) is 0 Å². The largest absolute Gasteiger partial charge is 0.330 e. The number of rotatable bonds is 5. The van der Waals surface area contributed by atoms with Gasteiger partial charge in [-0.25, -0.2) is 0 Å². The van der Waals surface area contributed by atoms with Gasteiger partial charge in [0.2, 0.25) is 0 Å². The van der Waals surface area contributed by atoms with Gasteiger partial charge in [0.25, 0.3) is 0 Å². The lowest BCUT2D eigenvalue weighted by atomic mass is 9.95. The van der Waals surface area contributed by atoms with Crippen LogP contribution in [-0.4, -0.2) is 12.3 Å². The van der Waals surface area contributed by atoms with Crippen LogP contribution >= 0.6 is 0 Å². The Labute approximate surface area is 120 Å². The van der Waals surface area contributed by atoms with Crippen LogP contribution in [0.2, 0.25) is 0 Å². The van der Waals surface area contributed by atoms with Gasteiger partial charge in [-0.05, 0) is 37.9 Å². The summed E-state index contributed by atoms with van der Waals surface area (Å²) < 4.78 is 0. The molecule has 0 aliphatic carbocycles. The Morgan fingerprint density at radius 3 is 2.35 bits per heavy atom. The van der Waals surface area contributed by atoms with Crippen LogP contribution in [0.1, 0.15) is 32.6 Å². The first-order valence-corrected chi connectivity index (χ1v) is 6.98. The third-order valence-corrected chi connectivity index (χ3v) is 3.38. The molecule has 0 aliphatic heterocycles. The average Bonchev–Trinajstić information content (AvgIpc) is 2.38. The summed E-state index contributed by atoms with van der Waals surface area (Å²) in [5, 5.41) is 0. The molecule has 2 nitrogen and oxygen atoms in total. The highest BCUT2D eigenvalue weighted by molar-refractivity contribution is 5.98. The highest BCUT2D eigenvalue weighted by Crippen LogP contribution is 2.15. The second-order valence-corrected chi connectivity index (χ2v) is 5.29. The Kier molecular flexibility index (Phi) is 4.70. The highest BCUT2D eigenvalue weighted by Gasteiger charge is 2.11. The molecular formula is C18H21NO. The van der Waals surface area contributed by atoms with E-state index in [1.165, 1.54) is 11.1 Å². The van der Waals surface area contributed by atoms with E-state index in [1.54, 1.807) is 0 Å². The van der Waals surface area contributed by atoms with Gasteiger partial charge in [0.1, 0.15) is 0 Å². The van der Waals surface area contributed by atoms with Gasteiger partial charge in [-0.15, -0.1) is 0 Å². The van der Waals surface area contributed by atoms with E-state index >= 15 is 0 Å². The van der Waals surface area contributed by atoms with Crippen molar-refractivity contribution in [1.82, 2.24) is 0 Å². The molecule has 0 atom stereocenters. The molecule has 2 heteroatoms. The van der Waals surface area contributed by atoms with Gasteiger partial charge in [-0.2, -0.15) is 0 Å². The first-order valence-electron chi connectivity index (χ1n) is 6.98. The zero-order valence-corrected chi connectivity index (χ0v) is 12.1. The van der Waals surface area contributed by atoms with E-state index in [-0.39, 0.29) is 5.78 Å². The molecule has 104 valence electrons. The molecule has 0 amide bonds. The number of nitrogens with two attached hydrogens (primary N) is 1. The summed E-state index contributed by atoms with van der Waals surface area (Å²) in [5.41, 5.74) is 10.9. The molecule has 0 aliphatic rings. The Balaban J connectivity index is 2.23. The minimum Gasteiger partial charge on any atom is -0.330 e. The number of carbonyl (C=O) groups is 1. The van der Waals surface area contributed by atoms with Crippen molar-refractivity contribution in [2.45, 2.75) is 26.7 Å². The first kappa shape index (κ1) is 14.5. The molecule has 0 bridgehead atoms. The van der Waals surface area contributed by atoms with Gasteiger partial charge < -0.3 is 5.73 Å². The number of carbonyl (C=O) groups excluding carboxylic acids is 1. The fourth-order valence-electron chi connectivity index (χ4n) is 2.62. The fourth-order valence-corrected chi connectivity index (χ4v) is 2.62. The van der Waals surface area contributed by atoms with Gasteiger partial charge in [-0.1, -0.05) is 53.6 Å². The highest BCUT2D eigenvalue weighted by atomic mass is 16.1. The third-order valence-electron chi connectivity index (χ3n) is 3.38. The summed E-state index contributed by atoms with van der Waals surface area (Å²) in [5.74, 6) is 0.166. The molecule has 2 N–H and O–H groups in total. The van der Waals surface area contributed by atoms with Crippen LogP contribution in [0.25, 0.3) is 0 Å². The predicted octanol–water partition coefficient (Wildman–Crippen LogP) is 3.23. The van der Waals surface area contributed by atoms with Crippen molar-refractivity contribution in [1.29, 1.82) is 0 Å². The fraction of sp³-hybridized carbons (Fsp3) is 0.278. The summed E-state index contributed by atoms with van der Waals surface area (Å²) in [6, 6.07) is 14.0. The maximum absolute atomic E-state index is 12.5. The standard InChI is InChI=1S/C18H21NO/c1-13-9-14(2)11-15(10-13)12-18(20)17-6-4-3-5-16(17)7-8-19/h3-6,9-11H,7-8,12,19H2,1-2H3. The van der Waals surface area contributed by atoms with E-state index < -0.39 is 0 Å². The predicted molar refractivity (Wildman–Crippen MR) is 83.2 cm³/mol. The van der Waals surface area contributed by atoms with E-state index in [4.69, 9.17) is 5.73 Å². The Bertz CT molecular complexity index is 596. The monoisotopic (exact) mass is 267 g/mol. The van der Waals surface area contributed by atoms with E-state index in [1.807, 2.05) is 24.3 Å². The van der Waals surface area contributed by atoms with Gasteiger partial charge in [-0.3, -0.25) is 4.79 Å². The molecule has 2 aromatic rings. The smallest absolute Gasteiger partial charge is 0.167 e. The second kappa shape index (κ2) is 6.49. The van der Waals surface area contributed by atoms with Crippen molar-refractivity contribution in [2.24, 2.45) is 5.73 Å². The second-order valence-electron chi connectivity index (χ2n) is 5.29. The van der Waals surface area contributed by atoms with Crippen molar-refractivity contribution < 1.29 is 4.79 Å². The van der Waals surface area contributed by atoms with Crippen molar-refractivity contribution in [3.8, 4) is 0 Å². The van der Waals surface area contributed by atoms with Crippen molar-refractivity contribution in [2.75, 3.05) is 6.54 Å². The summed E-state index contributed by atoms with van der Waals surface area (Å²) >= 11 is 0. The quantitative estimate of drug-likeness (QED) is 0.845. The van der Waals surface area contributed by atoms with Crippen LogP contribution in [-0.2, 0) is 12.8 Å². The molecule has 0 saturated heterocycles. The van der Waals surface area contributed by atoms with Gasteiger partial charge >= 0.3 is 0 Å². The maximum Gasteiger partial charge on any atom is 0.167 e. The SMILES string of the molecule is Cc1cc(C)cc(CC(=O)c2ccccc2CCN)c1. The lowest BCUT2D eigenvalue weighted by molar-refractivity contribution is 0.0992. The van der Waals surface area contributed by atoms with Crippen LogP contribution < -0.4 is 5.73 Å². The zero-order chi connectivity index (χ0) is 14.5. The zero-order valence-electron chi connectivity index (χ0n) is 12.1. The molecule has 0 aromatic heterocycles. The van der Waals surface area contributed by atoms with Gasteiger partial charge in [0, 0.05) is 12.0 Å². The summed E-state index contributed by atoms with van der Waals surface area (Å²) in [4.78, 5) is 12.5. The Hall–Kier alpha value is -1.93. The topological polar surface area (TPSA) is 43.1 Å². The molecule has 0 saturated carbocycles. The Morgan fingerprint density at radius 1 is 1.05 bits per heavy atom. The van der Waals surface area contributed by atoms with E-state index in [0.717, 1.165) is 23.1 Å². The summed E-state index contributed by atoms with van der Waals surface area (Å²) in [7, 11) is 0. The van der Waals surface area contributed by atoms with Crippen LogP contribution in [0.15, 0.2) is 42.5 Å². The van der Waals surface area contributed by atoms with Gasteiger partial charge in [0.15, 0.2) is 5.78 Å². The molecular weight excluding hydrogens is 246 g/mol. The number of benzene rings is 2. The van der Waals surface area contributed by atoms with Crippen molar-refractivity contribution in [3.63, 3.8) is 0 Å². The molecule has 0 radical (unpaired) electrons. The number of hydrogen-bond donors (Lipinski definition) is 1. The molecule has 0 heterocycles. The third kappa shape index (κ3) is 3.55. The van der Waals surface area contributed by atoms with Crippen molar-refractivity contribution in [3.05, 3.63) is 70.3 Å². The van der Waals surface area contributed by atoms with E-state index in [0.29, 0.717) is 13.0 Å². The summed E-state index contributed by atoms with van der Waals surface area (Å²) in [6.45, 7) is 4.68. The lowest BCUT2D eigenvalue weighted by Gasteiger charge is -2.09. The lowest BCUT2D eigenvalue weighted by Crippen LogP contribution is -2.11. The molecule has 0 fully saturated rings. The molecule has 2 rings (SSSR count). The number of aryl methyl sites for hydroxylation is 2. The minimum atomic E-state index is 0.166. The molecule has 0 spiro atoms. The van der Waals surface area contributed by atoms with Crippen LogP contribution in [0.3, 0.4) is 0 Å². The van der Waals surface area contributed by atoms with E-state index in [9.17, 15) is 4.79 Å². The Morgan fingerprint density at radius 2 is 1.70 bits per heavy atom.